The van der Waals surface area contributed by atoms with Gasteiger partial charge in [-0.25, -0.2) is 8.42 Å². The molecule has 0 radical (unpaired) electrons. The van der Waals surface area contributed by atoms with Crippen molar-refractivity contribution in [3.8, 4) is 0 Å². The summed E-state index contributed by atoms with van der Waals surface area (Å²) < 4.78 is 30.2. The zero-order chi connectivity index (χ0) is 8.20. The van der Waals surface area contributed by atoms with Gasteiger partial charge in [-0.05, 0) is 12.3 Å². The summed E-state index contributed by atoms with van der Waals surface area (Å²) in [5.41, 5.74) is 0. The van der Waals surface area contributed by atoms with Crippen LogP contribution in [-0.4, -0.2) is 18.7 Å². The van der Waals surface area contributed by atoms with Crippen molar-refractivity contribution in [2.45, 2.75) is 26.7 Å². The predicted octanol–water partition coefficient (Wildman–Crippen LogP) is -2.03. The maximum absolute atomic E-state index is 10.1. The van der Waals surface area contributed by atoms with E-state index >= 15 is 0 Å². The molecule has 11 heavy (non-hydrogen) atoms. The van der Waals surface area contributed by atoms with Gasteiger partial charge in [0.2, 0.25) is 0 Å². The first-order chi connectivity index (χ1) is 4.42. The van der Waals surface area contributed by atoms with E-state index in [-0.39, 0.29) is 35.3 Å². The van der Waals surface area contributed by atoms with Crippen LogP contribution in [-0.2, 0) is 10.1 Å². The van der Waals surface area contributed by atoms with Crippen molar-refractivity contribution in [2.75, 3.05) is 5.75 Å². The molecule has 0 saturated carbocycles. The standard InChI is InChI=1S/C6H14O3S.Na/c1-6(2)4-3-5-10(7,8)9;/h6H,3-5H2,1-2H3,(H,7,8,9);/q;+1/p-1. The quantitative estimate of drug-likeness (QED) is 0.378. The topological polar surface area (TPSA) is 57.2 Å². The van der Waals surface area contributed by atoms with Crippen LogP contribution in [0.15, 0.2) is 0 Å². The van der Waals surface area contributed by atoms with Gasteiger partial charge in [-0.2, -0.15) is 0 Å². The average Bonchev–Trinajstić information content (AvgIpc) is 1.59. The molecule has 0 aromatic carbocycles. The molecule has 0 aromatic heterocycles. The van der Waals surface area contributed by atoms with Gasteiger partial charge in [0.25, 0.3) is 0 Å². The Hall–Kier alpha value is 0.910. The molecule has 0 rings (SSSR count). The molecule has 0 amide bonds. The molecule has 0 aromatic rings. The Morgan fingerprint density at radius 2 is 1.82 bits per heavy atom. The van der Waals surface area contributed by atoms with Crippen molar-refractivity contribution in [2.24, 2.45) is 5.92 Å². The van der Waals surface area contributed by atoms with E-state index in [0.717, 1.165) is 6.42 Å². The summed E-state index contributed by atoms with van der Waals surface area (Å²) in [7, 11) is -3.97. The van der Waals surface area contributed by atoms with Crippen molar-refractivity contribution in [1.82, 2.24) is 0 Å². The molecule has 0 fully saturated rings. The fraction of sp³-hybridized carbons (Fsp3) is 1.00. The number of rotatable bonds is 4. The largest absolute Gasteiger partial charge is 1.00 e. The SMILES string of the molecule is CC(C)CCCS(=O)(=O)[O-].[Na+]. The summed E-state index contributed by atoms with van der Waals surface area (Å²) in [5, 5.41) is 0. The molecule has 0 heterocycles. The van der Waals surface area contributed by atoms with Gasteiger partial charge in [0.05, 0.1) is 10.1 Å². The Morgan fingerprint density at radius 3 is 2.09 bits per heavy atom. The first-order valence-electron chi connectivity index (χ1n) is 3.35. The van der Waals surface area contributed by atoms with E-state index in [1.165, 1.54) is 0 Å². The van der Waals surface area contributed by atoms with Crippen LogP contribution in [0, 0.1) is 5.92 Å². The molecule has 0 atom stereocenters. The van der Waals surface area contributed by atoms with Crippen molar-refractivity contribution in [3.05, 3.63) is 0 Å². The van der Waals surface area contributed by atoms with Gasteiger partial charge in [-0.3, -0.25) is 0 Å². The Morgan fingerprint density at radius 1 is 1.36 bits per heavy atom. The summed E-state index contributed by atoms with van der Waals surface area (Å²) in [5.74, 6) is 0.257. The molecule has 5 heteroatoms. The second kappa shape index (κ2) is 6.43. The summed E-state index contributed by atoms with van der Waals surface area (Å²) in [6.07, 6.45) is 1.30. The van der Waals surface area contributed by atoms with Gasteiger partial charge in [0, 0.05) is 5.75 Å². The summed E-state index contributed by atoms with van der Waals surface area (Å²) >= 11 is 0. The van der Waals surface area contributed by atoms with Crippen LogP contribution in [0.1, 0.15) is 26.7 Å². The maximum atomic E-state index is 10.1. The number of hydrogen-bond donors (Lipinski definition) is 0. The van der Waals surface area contributed by atoms with Crippen molar-refractivity contribution in [3.63, 3.8) is 0 Å². The predicted molar refractivity (Wildman–Crippen MR) is 38.6 cm³/mol. The van der Waals surface area contributed by atoms with E-state index in [1.54, 1.807) is 0 Å². The first-order valence-corrected chi connectivity index (χ1v) is 4.93. The minimum absolute atomic E-state index is 0. The van der Waals surface area contributed by atoms with E-state index < -0.39 is 10.1 Å². The monoisotopic (exact) mass is 188 g/mol. The van der Waals surface area contributed by atoms with E-state index in [9.17, 15) is 13.0 Å². The van der Waals surface area contributed by atoms with E-state index in [1.807, 2.05) is 13.8 Å². The van der Waals surface area contributed by atoms with Crippen LogP contribution in [0.3, 0.4) is 0 Å². The summed E-state index contributed by atoms with van der Waals surface area (Å²) in [6, 6.07) is 0. The molecule has 0 aliphatic heterocycles. The van der Waals surface area contributed by atoms with Crippen molar-refractivity contribution in [1.29, 1.82) is 0 Å². The smallest absolute Gasteiger partial charge is 0.748 e. The van der Waals surface area contributed by atoms with Gasteiger partial charge < -0.3 is 4.55 Å². The second-order valence-electron chi connectivity index (χ2n) is 2.80. The third-order valence-electron chi connectivity index (χ3n) is 1.18. The van der Waals surface area contributed by atoms with Crippen molar-refractivity contribution < 1.29 is 42.5 Å². The average molecular weight is 188 g/mol. The Balaban J connectivity index is 0. The Kier molecular flexibility index (Phi) is 8.44. The van der Waals surface area contributed by atoms with Crippen LogP contribution in [0.5, 0.6) is 0 Å². The van der Waals surface area contributed by atoms with Crippen LogP contribution in [0.25, 0.3) is 0 Å². The fourth-order valence-electron chi connectivity index (χ4n) is 0.668. The van der Waals surface area contributed by atoms with Crippen LogP contribution in [0.2, 0.25) is 0 Å². The Bertz CT molecular complexity index is 174. The maximum Gasteiger partial charge on any atom is 1.00 e. The molecule has 0 aliphatic rings. The van der Waals surface area contributed by atoms with Gasteiger partial charge in [-0.1, -0.05) is 20.3 Å². The number of hydrogen-bond acceptors (Lipinski definition) is 3. The Labute approximate surface area is 90.6 Å². The summed E-state index contributed by atoms with van der Waals surface area (Å²) in [6.45, 7) is 3.99. The third-order valence-corrected chi connectivity index (χ3v) is 1.96. The zero-order valence-corrected chi connectivity index (χ0v) is 10.1. The second-order valence-corrected chi connectivity index (χ2v) is 4.32. The van der Waals surface area contributed by atoms with Crippen LogP contribution >= 0.6 is 0 Å². The molecule has 0 N–H and O–H groups in total. The van der Waals surface area contributed by atoms with Gasteiger partial charge in [-0.15, -0.1) is 0 Å². The molecule has 0 unspecified atom stereocenters. The van der Waals surface area contributed by atoms with E-state index in [4.69, 9.17) is 0 Å². The normalized spacial score (nSPS) is 11.3. The first kappa shape index (κ1) is 14.4. The molecular weight excluding hydrogens is 175 g/mol. The van der Waals surface area contributed by atoms with E-state index in [2.05, 4.69) is 0 Å². The minimum atomic E-state index is -3.97. The molecular formula is C6H13NaO3S. The molecule has 3 nitrogen and oxygen atoms in total. The molecule has 0 bridgehead atoms. The van der Waals surface area contributed by atoms with Gasteiger partial charge in [0.15, 0.2) is 0 Å². The van der Waals surface area contributed by atoms with Crippen molar-refractivity contribution >= 4 is 10.1 Å². The van der Waals surface area contributed by atoms with Gasteiger partial charge in [0.1, 0.15) is 0 Å². The van der Waals surface area contributed by atoms with Gasteiger partial charge >= 0.3 is 29.6 Å². The van der Waals surface area contributed by atoms with Crippen LogP contribution in [0.4, 0.5) is 0 Å². The molecule has 0 saturated heterocycles. The fourth-order valence-corrected chi connectivity index (χ4v) is 1.19. The zero-order valence-electron chi connectivity index (χ0n) is 7.33. The molecule has 0 spiro atoms. The third kappa shape index (κ3) is 13.8. The van der Waals surface area contributed by atoms with E-state index in [0.29, 0.717) is 12.3 Å². The molecule has 0 aliphatic carbocycles. The minimum Gasteiger partial charge on any atom is -0.748 e. The molecule has 62 valence electrons. The summed E-state index contributed by atoms with van der Waals surface area (Å²) in [4.78, 5) is 0. The van der Waals surface area contributed by atoms with Crippen LogP contribution < -0.4 is 29.6 Å².